The molecular formula is C25H31N5O5S2. The number of carbonyl (C=O) groups excluding carboxylic acids is 2. The summed E-state index contributed by atoms with van der Waals surface area (Å²) in [5.74, 6) is 1.06. The fourth-order valence-electron chi connectivity index (χ4n) is 3.65. The van der Waals surface area contributed by atoms with Crippen LogP contribution in [-0.4, -0.2) is 71.7 Å². The van der Waals surface area contributed by atoms with Crippen LogP contribution < -0.4 is 10.1 Å². The van der Waals surface area contributed by atoms with E-state index < -0.39 is 10.0 Å². The Morgan fingerprint density at radius 1 is 1.08 bits per heavy atom. The summed E-state index contributed by atoms with van der Waals surface area (Å²) >= 11 is 1.23. The molecule has 0 spiro atoms. The quantitative estimate of drug-likeness (QED) is 0.257. The molecule has 37 heavy (non-hydrogen) atoms. The van der Waals surface area contributed by atoms with Gasteiger partial charge in [-0.25, -0.2) is 8.42 Å². The molecule has 1 N–H and O–H groups in total. The number of amides is 1. The Hall–Kier alpha value is -3.22. The number of nitrogens with one attached hydrogen (secondary N) is 1. The van der Waals surface area contributed by atoms with Gasteiger partial charge in [-0.05, 0) is 24.3 Å². The molecule has 0 fully saturated rings. The number of methoxy groups -OCH3 is 1. The van der Waals surface area contributed by atoms with E-state index >= 15 is 0 Å². The summed E-state index contributed by atoms with van der Waals surface area (Å²) in [5, 5.41) is 11.8. The number of rotatable bonds is 13. The first-order valence-electron chi connectivity index (χ1n) is 11.8. The van der Waals surface area contributed by atoms with Crippen molar-refractivity contribution in [1.29, 1.82) is 0 Å². The maximum absolute atomic E-state index is 12.9. The molecule has 0 unspecified atom stereocenters. The molecule has 10 nitrogen and oxygen atoms in total. The normalized spacial score (nSPS) is 11.5. The summed E-state index contributed by atoms with van der Waals surface area (Å²) in [5.41, 5.74) is 1.17. The van der Waals surface area contributed by atoms with Crippen molar-refractivity contribution in [2.45, 2.75) is 37.2 Å². The highest BCUT2D eigenvalue weighted by atomic mass is 32.2. The zero-order valence-electron chi connectivity index (χ0n) is 21.3. The zero-order chi connectivity index (χ0) is 27.0. The van der Waals surface area contributed by atoms with E-state index in [1.807, 2.05) is 28.8 Å². The third kappa shape index (κ3) is 6.96. The molecule has 1 amide bonds. The van der Waals surface area contributed by atoms with E-state index in [0.717, 1.165) is 5.69 Å². The van der Waals surface area contributed by atoms with Gasteiger partial charge in [0, 0.05) is 44.6 Å². The van der Waals surface area contributed by atoms with E-state index in [-0.39, 0.29) is 22.3 Å². The number of nitrogens with zero attached hydrogens (tertiary/aromatic N) is 4. The SMILES string of the molecule is CCN(CC)S(=O)(=O)c1ccc(C(=O)CSc2nnc(CCNC(C)=O)n2-c2cccc(OC)c2)cc1. The van der Waals surface area contributed by atoms with E-state index in [1.54, 1.807) is 21.0 Å². The maximum Gasteiger partial charge on any atom is 0.243 e. The molecule has 0 bridgehead atoms. The average Bonchev–Trinajstić information content (AvgIpc) is 3.30. The number of ether oxygens (including phenoxy) is 1. The molecule has 0 aliphatic rings. The van der Waals surface area contributed by atoms with Crippen LogP contribution in [0.1, 0.15) is 37.0 Å². The molecule has 0 saturated carbocycles. The summed E-state index contributed by atoms with van der Waals surface area (Å²) in [6.07, 6.45) is 0.445. The van der Waals surface area contributed by atoms with Gasteiger partial charge in [0.05, 0.1) is 23.4 Å². The molecular weight excluding hydrogens is 514 g/mol. The number of carbonyl (C=O) groups is 2. The molecule has 0 atom stereocenters. The van der Waals surface area contributed by atoms with Gasteiger partial charge in [0.2, 0.25) is 15.9 Å². The Bertz CT molecular complexity index is 1340. The van der Waals surface area contributed by atoms with E-state index in [9.17, 15) is 18.0 Å². The van der Waals surface area contributed by atoms with Crippen LogP contribution in [-0.2, 0) is 21.2 Å². The molecule has 198 valence electrons. The topological polar surface area (TPSA) is 123 Å². The number of aromatic nitrogens is 3. The minimum atomic E-state index is -3.59. The van der Waals surface area contributed by atoms with E-state index in [4.69, 9.17) is 4.74 Å². The van der Waals surface area contributed by atoms with Gasteiger partial charge in [0.15, 0.2) is 10.9 Å². The van der Waals surface area contributed by atoms with Crippen LogP contribution in [0.15, 0.2) is 58.6 Å². The van der Waals surface area contributed by atoms with Crippen molar-refractivity contribution in [3.63, 3.8) is 0 Å². The number of benzene rings is 2. The predicted molar refractivity (Wildman–Crippen MR) is 142 cm³/mol. The Morgan fingerprint density at radius 2 is 1.78 bits per heavy atom. The van der Waals surface area contributed by atoms with Crippen LogP contribution in [0.3, 0.4) is 0 Å². The van der Waals surface area contributed by atoms with Gasteiger partial charge >= 0.3 is 0 Å². The van der Waals surface area contributed by atoms with Crippen LogP contribution in [0.5, 0.6) is 5.75 Å². The number of Topliss-reactive ketones (excluding diaryl/α,β-unsaturated/α-hetero) is 1. The maximum atomic E-state index is 12.9. The lowest BCUT2D eigenvalue weighted by molar-refractivity contribution is -0.118. The van der Waals surface area contributed by atoms with Gasteiger partial charge in [-0.2, -0.15) is 4.31 Å². The molecule has 3 rings (SSSR count). The Balaban J connectivity index is 1.79. The highest BCUT2D eigenvalue weighted by molar-refractivity contribution is 7.99. The van der Waals surface area contributed by atoms with Crippen molar-refractivity contribution < 1.29 is 22.7 Å². The van der Waals surface area contributed by atoms with Crippen molar-refractivity contribution in [2.24, 2.45) is 0 Å². The smallest absolute Gasteiger partial charge is 0.243 e. The molecule has 2 aromatic carbocycles. The summed E-state index contributed by atoms with van der Waals surface area (Å²) in [6, 6.07) is 13.4. The van der Waals surface area contributed by atoms with E-state index in [0.29, 0.717) is 48.3 Å². The van der Waals surface area contributed by atoms with Gasteiger partial charge in [0.25, 0.3) is 0 Å². The second-order valence-corrected chi connectivity index (χ2v) is 10.9. The summed E-state index contributed by atoms with van der Waals surface area (Å²) in [7, 11) is -2.01. The fraction of sp³-hybridized carbons (Fsp3) is 0.360. The van der Waals surface area contributed by atoms with Crippen molar-refractivity contribution >= 4 is 33.5 Å². The monoisotopic (exact) mass is 545 g/mol. The summed E-state index contributed by atoms with van der Waals surface area (Å²) < 4.78 is 34.0. The molecule has 0 aliphatic heterocycles. The largest absolute Gasteiger partial charge is 0.497 e. The van der Waals surface area contributed by atoms with Gasteiger partial charge in [-0.15, -0.1) is 10.2 Å². The Morgan fingerprint density at radius 3 is 2.41 bits per heavy atom. The zero-order valence-corrected chi connectivity index (χ0v) is 22.9. The lowest BCUT2D eigenvalue weighted by Crippen LogP contribution is -2.30. The molecule has 0 radical (unpaired) electrons. The van der Waals surface area contributed by atoms with Gasteiger partial charge in [0.1, 0.15) is 11.6 Å². The first-order chi connectivity index (χ1) is 17.7. The van der Waals surface area contributed by atoms with Crippen molar-refractivity contribution in [1.82, 2.24) is 24.4 Å². The lowest BCUT2D eigenvalue weighted by atomic mass is 10.1. The second-order valence-electron chi connectivity index (χ2n) is 7.99. The van der Waals surface area contributed by atoms with E-state index in [1.165, 1.54) is 47.3 Å². The van der Waals surface area contributed by atoms with Gasteiger partial charge < -0.3 is 10.1 Å². The molecule has 12 heteroatoms. The Labute approximate surface area is 221 Å². The molecule has 3 aromatic rings. The van der Waals surface area contributed by atoms with Gasteiger partial charge in [-0.1, -0.05) is 43.8 Å². The highest BCUT2D eigenvalue weighted by Gasteiger charge is 2.22. The molecule has 0 saturated heterocycles. The molecule has 1 heterocycles. The van der Waals surface area contributed by atoms with Crippen LogP contribution in [0.4, 0.5) is 0 Å². The fourth-order valence-corrected chi connectivity index (χ4v) is 5.98. The van der Waals surface area contributed by atoms with Crippen molar-refractivity contribution in [3.8, 4) is 11.4 Å². The van der Waals surface area contributed by atoms with E-state index in [2.05, 4.69) is 15.5 Å². The number of sulfonamides is 1. The van der Waals surface area contributed by atoms with Crippen LogP contribution in [0.25, 0.3) is 5.69 Å². The second kappa shape index (κ2) is 12.8. The minimum Gasteiger partial charge on any atom is -0.497 e. The molecule has 1 aromatic heterocycles. The number of hydrogen-bond donors (Lipinski definition) is 1. The third-order valence-electron chi connectivity index (χ3n) is 5.59. The number of ketones is 1. The standard InChI is InChI=1S/C25H31N5O5S2/c1-5-29(6-2)37(33,34)22-12-10-19(11-13-22)23(32)17-36-25-28-27-24(14-15-26-18(3)31)30(25)20-8-7-9-21(16-20)35-4/h7-13,16H,5-6,14-15,17H2,1-4H3,(H,26,31). The first-order valence-corrected chi connectivity index (χ1v) is 14.2. The van der Waals surface area contributed by atoms with Crippen molar-refractivity contribution in [2.75, 3.05) is 32.5 Å². The lowest BCUT2D eigenvalue weighted by Gasteiger charge is -2.18. The van der Waals surface area contributed by atoms with Gasteiger partial charge in [-0.3, -0.25) is 14.2 Å². The predicted octanol–water partition coefficient (Wildman–Crippen LogP) is 2.96. The third-order valence-corrected chi connectivity index (χ3v) is 8.58. The first kappa shape index (κ1) is 28.4. The van der Waals surface area contributed by atoms with Crippen molar-refractivity contribution in [3.05, 3.63) is 59.9 Å². The van der Waals surface area contributed by atoms with Crippen LogP contribution in [0, 0.1) is 0 Å². The van der Waals surface area contributed by atoms with Crippen LogP contribution >= 0.6 is 11.8 Å². The minimum absolute atomic E-state index is 0.0793. The van der Waals surface area contributed by atoms with Crippen LogP contribution in [0.2, 0.25) is 0 Å². The number of hydrogen-bond acceptors (Lipinski definition) is 8. The summed E-state index contributed by atoms with van der Waals surface area (Å²) in [6.45, 7) is 6.15. The highest BCUT2D eigenvalue weighted by Crippen LogP contribution is 2.26. The Kier molecular flexibility index (Phi) is 9.84. The number of thioether (sulfide) groups is 1. The summed E-state index contributed by atoms with van der Waals surface area (Å²) in [4.78, 5) is 24.4. The average molecular weight is 546 g/mol. The molecule has 0 aliphatic carbocycles.